The summed E-state index contributed by atoms with van der Waals surface area (Å²) in [6.07, 6.45) is 0.196. The average molecular weight is 443 g/mol. The van der Waals surface area contributed by atoms with Gasteiger partial charge in [-0.25, -0.2) is 8.42 Å². The topological polar surface area (TPSA) is 66.5 Å². The highest BCUT2D eigenvalue weighted by atomic mass is 35.5. The number of aryl methyl sites for hydroxylation is 2. The van der Waals surface area contributed by atoms with Gasteiger partial charge in [-0.15, -0.1) is 0 Å². The monoisotopic (exact) mass is 442 g/mol. The standard InChI is InChI=1S/C23H23ClN2O3S/c1-16-5-4-6-17(2)23(16)25-22(27)15-18-7-11-20(12-8-18)26(3)30(28,29)21-13-9-19(24)10-14-21/h4-14H,15H2,1-3H3,(H,25,27). The Hall–Kier alpha value is -2.83. The Morgan fingerprint density at radius 2 is 1.50 bits per heavy atom. The molecule has 7 heteroatoms. The van der Waals surface area contributed by atoms with Crippen LogP contribution in [0.15, 0.2) is 71.6 Å². The van der Waals surface area contributed by atoms with Gasteiger partial charge in [0.1, 0.15) is 0 Å². The number of benzene rings is 3. The van der Waals surface area contributed by atoms with E-state index in [2.05, 4.69) is 5.32 Å². The molecule has 1 N–H and O–H groups in total. The molecule has 0 atom stereocenters. The van der Waals surface area contributed by atoms with Crippen molar-refractivity contribution >= 4 is 38.9 Å². The molecule has 0 saturated carbocycles. The van der Waals surface area contributed by atoms with E-state index in [9.17, 15) is 13.2 Å². The van der Waals surface area contributed by atoms with Crippen LogP contribution in [0.1, 0.15) is 16.7 Å². The van der Waals surface area contributed by atoms with Crippen molar-refractivity contribution in [2.75, 3.05) is 16.7 Å². The molecule has 3 rings (SSSR count). The number of carbonyl (C=O) groups is 1. The van der Waals surface area contributed by atoms with Gasteiger partial charge in [0.25, 0.3) is 10.0 Å². The lowest BCUT2D eigenvalue weighted by Gasteiger charge is -2.20. The number of hydrogen-bond acceptors (Lipinski definition) is 3. The van der Waals surface area contributed by atoms with Crippen LogP contribution in [0.3, 0.4) is 0 Å². The van der Waals surface area contributed by atoms with Crippen molar-refractivity contribution in [1.29, 1.82) is 0 Å². The third-order valence-electron chi connectivity index (χ3n) is 4.88. The third-order valence-corrected chi connectivity index (χ3v) is 6.93. The van der Waals surface area contributed by atoms with Gasteiger partial charge in [0, 0.05) is 17.8 Å². The summed E-state index contributed by atoms with van der Waals surface area (Å²) in [6, 6.07) is 18.8. The number of carbonyl (C=O) groups excluding carboxylic acids is 1. The van der Waals surface area contributed by atoms with Crippen molar-refractivity contribution in [3.05, 3.63) is 88.4 Å². The molecule has 0 saturated heterocycles. The second-order valence-corrected chi connectivity index (χ2v) is 9.49. The normalized spacial score (nSPS) is 11.2. The first-order valence-corrected chi connectivity index (χ1v) is 11.2. The van der Waals surface area contributed by atoms with E-state index in [1.54, 1.807) is 36.4 Å². The van der Waals surface area contributed by atoms with Crippen LogP contribution >= 0.6 is 11.6 Å². The van der Waals surface area contributed by atoms with E-state index in [0.717, 1.165) is 22.4 Å². The first-order chi connectivity index (χ1) is 14.2. The van der Waals surface area contributed by atoms with E-state index in [4.69, 9.17) is 11.6 Å². The predicted octanol–water partition coefficient (Wildman–Crippen LogP) is 4.96. The molecule has 0 fully saturated rings. The van der Waals surface area contributed by atoms with Crippen LogP contribution in [-0.2, 0) is 21.2 Å². The highest BCUT2D eigenvalue weighted by Crippen LogP contribution is 2.24. The Balaban J connectivity index is 1.71. The first kappa shape index (κ1) is 21.9. The molecule has 0 heterocycles. The molecule has 30 heavy (non-hydrogen) atoms. The van der Waals surface area contributed by atoms with Gasteiger partial charge in [0.05, 0.1) is 17.0 Å². The SMILES string of the molecule is Cc1cccc(C)c1NC(=O)Cc1ccc(N(C)S(=O)(=O)c2ccc(Cl)cc2)cc1. The molecule has 5 nitrogen and oxygen atoms in total. The molecule has 0 aliphatic heterocycles. The van der Waals surface area contributed by atoms with Crippen LogP contribution < -0.4 is 9.62 Å². The van der Waals surface area contributed by atoms with Crippen LogP contribution in [0.25, 0.3) is 0 Å². The van der Waals surface area contributed by atoms with Crippen molar-refractivity contribution in [3.63, 3.8) is 0 Å². The van der Waals surface area contributed by atoms with Gasteiger partial charge >= 0.3 is 0 Å². The van der Waals surface area contributed by atoms with Gasteiger partial charge in [-0.1, -0.05) is 41.9 Å². The van der Waals surface area contributed by atoms with E-state index in [-0.39, 0.29) is 17.2 Å². The molecular weight excluding hydrogens is 420 g/mol. The predicted molar refractivity (Wildman–Crippen MR) is 122 cm³/mol. The number of para-hydroxylation sites is 1. The molecular formula is C23H23ClN2O3S. The molecule has 0 aromatic heterocycles. The first-order valence-electron chi connectivity index (χ1n) is 9.38. The minimum Gasteiger partial charge on any atom is -0.325 e. The van der Waals surface area contributed by atoms with Crippen molar-refractivity contribution in [1.82, 2.24) is 0 Å². The third kappa shape index (κ3) is 4.83. The number of amides is 1. The fourth-order valence-corrected chi connectivity index (χ4v) is 4.43. The second-order valence-electron chi connectivity index (χ2n) is 7.08. The number of sulfonamides is 1. The van der Waals surface area contributed by atoms with Crippen LogP contribution in [0, 0.1) is 13.8 Å². The van der Waals surface area contributed by atoms with Gasteiger partial charge < -0.3 is 5.32 Å². The van der Waals surface area contributed by atoms with Crippen LogP contribution in [-0.4, -0.2) is 21.4 Å². The Bertz CT molecular complexity index is 1140. The summed E-state index contributed by atoms with van der Waals surface area (Å²) in [7, 11) is -2.21. The molecule has 156 valence electrons. The summed E-state index contributed by atoms with van der Waals surface area (Å²) >= 11 is 5.84. The number of hydrogen-bond donors (Lipinski definition) is 1. The van der Waals surface area contributed by atoms with Crippen molar-refractivity contribution < 1.29 is 13.2 Å². The van der Waals surface area contributed by atoms with E-state index in [1.165, 1.54) is 23.5 Å². The quantitative estimate of drug-likeness (QED) is 0.586. The van der Waals surface area contributed by atoms with E-state index in [0.29, 0.717) is 10.7 Å². The van der Waals surface area contributed by atoms with Crippen LogP contribution in [0.5, 0.6) is 0 Å². The number of nitrogens with one attached hydrogen (secondary N) is 1. The number of rotatable bonds is 6. The summed E-state index contributed by atoms with van der Waals surface area (Å²) in [5.74, 6) is -0.123. The van der Waals surface area contributed by atoms with Gasteiger partial charge in [-0.2, -0.15) is 0 Å². The van der Waals surface area contributed by atoms with Crippen LogP contribution in [0.2, 0.25) is 5.02 Å². The molecule has 0 aliphatic carbocycles. The fraction of sp³-hybridized carbons (Fsp3) is 0.174. The highest BCUT2D eigenvalue weighted by molar-refractivity contribution is 7.92. The molecule has 0 bridgehead atoms. The summed E-state index contributed by atoms with van der Waals surface area (Å²) in [5.41, 5.74) is 4.14. The smallest absolute Gasteiger partial charge is 0.264 e. The largest absolute Gasteiger partial charge is 0.325 e. The zero-order chi connectivity index (χ0) is 21.9. The maximum absolute atomic E-state index is 12.8. The average Bonchev–Trinajstić information content (AvgIpc) is 2.71. The zero-order valence-electron chi connectivity index (χ0n) is 17.0. The Labute approximate surface area is 182 Å². The maximum Gasteiger partial charge on any atom is 0.264 e. The van der Waals surface area contributed by atoms with Crippen molar-refractivity contribution in [2.24, 2.45) is 0 Å². The molecule has 0 aliphatic rings. The second kappa shape index (κ2) is 8.90. The summed E-state index contributed by atoms with van der Waals surface area (Å²) in [5, 5.41) is 3.43. The molecule has 0 unspecified atom stereocenters. The fourth-order valence-electron chi connectivity index (χ4n) is 3.11. The van der Waals surface area contributed by atoms with E-state index in [1.807, 2.05) is 32.0 Å². The Morgan fingerprint density at radius 1 is 0.933 bits per heavy atom. The molecule has 0 radical (unpaired) electrons. The van der Waals surface area contributed by atoms with E-state index < -0.39 is 10.0 Å². The number of halogens is 1. The van der Waals surface area contributed by atoms with Gasteiger partial charge in [0.2, 0.25) is 5.91 Å². The van der Waals surface area contributed by atoms with Gasteiger partial charge in [0.15, 0.2) is 0 Å². The lowest BCUT2D eigenvalue weighted by atomic mass is 10.1. The van der Waals surface area contributed by atoms with Crippen LogP contribution in [0.4, 0.5) is 11.4 Å². The van der Waals surface area contributed by atoms with Crippen molar-refractivity contribution in [3.8, 4) is 0 Å². The van der Waals surface area contributed by atoms with Gasteiger partial charge in [-0.05, 0) is 66.9 Å². The molecule has 3 aromatic carbocycles. The highest BCUT2D eigenvalue weighted by Gasteiger charge is 2.21. The molecule has 0 spiro atoms. The minimum absolute atomic E-state index is 0.123. The zero-order valence-corrected chi connectivity index (χ0v) is 18.6. The summed E-state index contributed by atoms with van der Waals surface area (Å²) < 4.78 is 26.8. The molecule has 1 amide bonds. The number of nitrogens with zero attached hydrogens (tertiary/aromatic N) is 1. The summed E-state index contributed by atoms with van der Waals surface area (Å²) in [6.45, 7) is 3.91. The van der Waals surface area contributed by atoms with Crippen molar-refractivity contribution in [2.45, 2.75) is 25.2 Å². The van der Waals surface area contributed by atoms with E-state index >= 15 is 0 Å². The Morgan fingerprint density at radius 3 is 2.07 bits per heavy atom. The lowest BCUT2D eigenvalue weighted by molar-refractivity contribution is -0.115. The Kier molecular flexibility index (Phi) is 6.48. The maximum atomic E-state index is 12.8. The molecule has 3 aromatic rings. The van der Waals surface area contributed by atoms with Gasteiger partial charge in [-0.3, -0.25) is 9.10 Å². The minimum atomic E-state index is -3.70. The summed E-state index contributed by atoms with van der Waals surface area (Å²) in [4.78, 5) is 12.6. The lowest BCUT2D eigenvalue weighted by Crippen LogP contribution is -2.26. The number of anilines is 2.